The van der Waals surface area contributed by atoms with E-state index in [1.54, 1.807) is 19.4 Å². The molecule has 0 amide bonds. The molecule has 188 valence electrons. The maximum Gasteiger partial charge on any atom is 0.250 e. The third-order valence-corrected chi connectivity index (χ3v) is 6.53. The Balaban J connectivity index is 1.31. The molecule has 2 aliphatic heterocycles. The molecule has 3 heterocycles. The fraction of sp³-hybridized carbons (Fsp3) is 0.385. The highest BCUT2D eigenvalue weighted by atomic mass is 35.5. The van der Waals surface area contributed by atoms with Crippen LogP contribution < -0.4 is 24.7 Å². The highest BCUT2D eigenvalue weighted by molar-refractivity contribution is 6.32. The number of hydrazone groups is 1. The maximum atomic E-state index is 6.53. The fourth-order valence-electron chi connectivity index (χ4n) is 4.37. The largest absolute Gasteiger partial charge is 0.493 e. The number of methoxy groups -OCH3 is 1. The van der Waals surface area contributed by atoms with E-state index >= 15 is 0 Å². The molecule has 36 heavy (non-hydrogen) atoms. The van der Waals surface area contributed by atoms with E-state index in [1.165, 1.54) is 0 Å². The Labute approximate surface area is 216 Å². The maximum absolute atomic E-state index is 6.53. The van der Waals surface area contributed by atoms with Gasteiger partial charge in [-0.1, -0.05) is 41.9 Å². The number of nitrogens with zero attached hydrogens (tertiary/aromatic N) is 6. The van der Waals surface area contributed by atoms with Crippen LogP contribution in [0.3, 0.4) is 0 Å². The van der Waals surface area contributed by atoms with Crippen molar-refractivity contribution in [2.24, 2.45) is 5.10 Å². The summed E-state index contributed by atoms with van der Waals surface area (Å²) in [7, 11) is 1.59. The van der Waals surface area contributed by atoms with Crippen molar-refractivity contribution in [3.05, 3.63) is 58.6 Å². The van der Waals surface area contributed by atoms with E-state index in [2.05, 4.69) is 30.3 Å². The molecule has 1 aromatic heterocycles. The van der Waals surface area contributed by atoms with Gasteiger partial charge in [0, 0.05) is 26.2 Å². The summed E-state index contributed by atoms with van der Waals surface area (Å²) in [6.45, 7) is 4.24. The molecular weight excluding hydrogens is 478 g/mol. The zero-order valence-electron chi connectivity index (χ0n) is 20.4. The molecule has 0 saturated carbocycles. The van der Waals surface area contributed by atoms with Crippen LogP contribution in [0.5, 0.6) is 11.5 Å². The number of nitrogens with one attached hydrogen (secondary N) is 1. The molecule has 9 nitrogen and oxygen atoms in total. The van der Waals surface area contributed by atoms with Crippen LogP contribution in [0.4, 0.5) is 17.8 Å². The Kier molecular flexibility index (Phi) is 7.66. The molecule has 2 saturated heterocycles. The van der Waals surface area contributed by atoms with Crippen LogP contribution in [-0.4, -0.2) is 54.5 Å². The molecule has 0 spiro atoms. The monoisotopic (exact) mass is 507 g/mol. The van der Waals surface area contributed by atoms with Crippen LogP contribution in [0.25, 0.3) is 0 Å². The smallest absolute Gasteiger partial charge is 0.250 e. The van der Waals surface area contributed by atoms with E-state index in [0.29, 0.717) is 41.0 Å². The number of aromatic nitrogens is 3. The van der Waals surface area contributed by atoms with E-state index in [-0.39, 0.29) is 0 Å². The number of ether oxygens (including phenoxy) is 2. The first-order valence-electron chi connectivity index (χ1n) is 12.3. The molecule has 1 N–H and O–H groups in total. The van der Waals surface area contributed by atoms with Gasteiger partial charge in [-0.15, -0.1) is 0 Å². The minimum absolute atomic E-state index is 0.393. The van der Waals surface area contributed by atoms with Gasteiger partial charge in [0.2, 0.25) is 17.8 Å². The normalized spacial score (nSPS) is 15.6. The van der Waals surface area contributed by atoms with E-state index < -0.39 is 0 Å². The van der Waals surface area contributed by atoms with Gasteiger partial charge in [-0.05, 0) is 48.9 Å². The van der Waals surface area contributed by atoms with Crippen molar-refractivity contribution in [1.29, 1.82) is 0 Å². The first kappa shape index (κ1) is 24.1. The van der Waals surface area contributed by atoms with Gasteiger partial charge < -0.3 is 19.3 Å². The van der Waals surface area contributed by atoms with Gasteiger partial charge in [-0.2, -0.15) is 20.1 Å². The topological polar surface area (TPSA) is 88.0 Å². The summed E-state index contributed by atoms with van der Waals surface area (Å²) in [5, 5.41) is 4.81. The number of hydrogen-bond acceptors (Lipinski definition) is 9. The van der Waals surface area contributed by atoms with Crippen molar-refractivity contribution in [2.75, 3.05) is 48.5 Å². The van der Waals surface area contributed by atoms with E-state index in [1.807, 2.05) is 36.4 Å². The van der Waals surface area contributed by atoms with Crippen molar-refractivity contribution in [2.45, 2.75) is 32.3 Å². The fourth-order valence-corrected chi connectivity index (χ4v) is 4.64. The number of halogens is 1. The zero-order chi connectivity index (χ0) is 24.7. The molecule has 0 aliphatic carbocycles. The third-order valence-electron chi connectivity index (χ3n) is 6.25. The Morgan fingerprint density at radius 1 is 0.944 bits per heavy atom. The van der Waals surface area contributed by atoms with Crippen molar-refractivity contribution in [1.82, 2.24) is 15.0 Å². The molecule has 0 unspecified atom stereocenters. The number of anilines is 3. The van der Waals surface area contributed by atoms with Crippen LogP contribution in [-0.2, 0) is 6.61 Å². The van der Waals surface area contributed by atoms with Crippen LogP contribution in [0.15, 0.2) is 47.6 Å². The summed E-state index contributed by atoms with van der Waals surface area (Å²) < 4.78 is 11.5. The summed E-state index contributed by atoms with van der Waals surface area (Å²) >= 11 is 6.53. The van der Waals surface area contributed by atoms with E-state index in [4.69, 9.17) is 26.1 Å². The molecule has 3 aromatic rings. The quantitative estimate of drug-likeness (QED) is 0.327. The van der Waals surface area contributed by atoms with Crippen molar-refractivity contribution in [3.63, 3.8) is 0 Å². The highest BCUT2D eigenvalue weighted by Crippen LogP contribution is 2.36. The van der Waals surface area contributed by atoms with Crippen LogP contribution in [0, 0.1) is 0 Å². The second kappa shape index (κ2) is 11.4. The molecule has 0 bridgehead atoms. The van der Waals surface area contributed by atoms with Gasteiger partial charge in [-0.25, -0.2) is 5.43 Å². The molecule has 0 radical (unpaired) electrons. The lowest BCUT2D eigenvalue weighted by Crippen LogP contribution is -2.25. The standard InChI is InChI=1S/C26H30ClN7O2/c1-35-22-16-20(15-21(27)23(22)36-18-19-9-3-2-4-10-19)17-28-32-24-29-25(33-11-5-6-12-33)31-26(30-24)34-13-7-8-14-34/h2-4,9-10,15-17H,5-8,11-14,18H2,1H3,(H,29,30,31,32). The summed E-state index contributed by atoms with van der Waals surface area (Å²) in [4.78, 5) is 18.4. The second-order valence-electron chi connectivity index (χ2n) is 8.83. The van der Waals surface area contributed by atoms with Gasteiger partial charge in [0.05, 0.1) is 18.3 Å². The summed E-state index contributed by atoms with van der Waals surface area (Å²) in [5.74, 6) is 2.85. The Bertz CT molecular complexity index is 1160. The average Bonchev–Trinajstić information content (AvgIpc) is 3.63. The van der Waals surface area contributed by atoms with E-state index in [0.717, 1.165) is 63.0 Å². The van der Waals surface area contributed by atoms with Gasteiger partial charge in [0.1, 0.15) is 6.61 Å². The second-order valence-corrected chi connectivity index (χ2v) is 9.23. The highest BCUT2D eigenvalue weighted by Gasteiger charge is 2.21. The SMILES string of the molecule is COc1cc(C=NNc2nc(N3CCCC3)nc(N3CCCC3)n2)cc(Cl)c1OCc1ccccc1. The van der Waals surface area contributed by atoms with Gasteiger partial charge in [0.25, 0.3) is 0 Å². The predicted molar refractivity (Wildman–Crippen MR) is 143 cm³/mol. The Hall–Kier alpha value is -3.59. The molecule has 10 heteroatoms. The van der Waals surface area contributed by atoms with Crippen molar-refractivity contribution >= 4 is 35.7 Å². The molecule has 2 aliphatic rings. The summed E-state index contributed by atoms with van der Waals surface area (Å²) in [6, 6.07) is 13.5. The number of rotatable bonds is 9. The molecule has 0 atom stereocenters. The van der Waals surface area contributed by atoms with Crippen molar-refractivity contribution < 1.29 is 9.47 Å². The third kappa shape index (κ3) is 5.79. The molecule has 2 aromatic carbocycles. The van der Waals surface area contributed by atoms with Crippen LogP contribution in [0.1, 0.15) is 36.8 Å². The zero-order valence-corrected chi connectivity index (χ0v) is 21.1. The Morgan fingerprint density at radius 3 is 2.19 bits per heavy atom. The summed E-state index contributed by atoms with van der Waals surface area (Å²) in [6.07, 6.45) is 6.27. The lowest BCUT2D eigenvalue weighted by Gasteiger charge is -2.20. The summed E-state index contributed by atoms with van der Waals surface area (Å²) in [5.41, 5.74) is 4.78. The first-order chi connectivity index (χ1) is 17.7. The van der Waals surface area contributed by atoms with E-state index in [9.17, 15) is 0 Å². The molecule has 2 fully saturated rings. The molecular formula is C26H30ClN7O2. The minimum atomic E-state index is 0.393. The first-order valence-corrected chi connectivity index (χ1v) is 12.7. The predicted octanol–water partition coefficient (Wildman–Crippen LogP) is 4.76. The Morgan fingerprint density at radius 2 is 1.58 bits per heavy atom. The minimum Gasteiger partial charge on any atom is -0.493 e. The van der Waals surface area contributed by atoms with Crippen LogP contribution in [0.2, 0.25) is 5.02 Å². The number of hydrogen-bond donors (Lipinski definition) is 1. The average molecular weight is 508 g/mol. The lowest BCUT2D eigenvalue weighted by molar-refractivity contribution is 0.284. The van der Waals surface area contributed by atoms with Crippen LogP contribution >= 0.6 is 11.6 Å². The molecule has 5 rings (SSSR count). The van der Waals surface area contributed by atoms with Gasteiger partial charge >= 0.3 is 0 Å². The van der Waals surface area contributed by atoms with Gasteiger partial charge in [0.15, 0.2) is 11.5 Å². The lowest BCUT2D eigenvalue weighted by atomic mass is 10.2. The number of benzene rings is 2. The van der Waals surface area contributed by atoms with Gasteiger partial charge in [-0.3, -0.25) is 0 Å². The van der Waals surface area contributed by atoms with Crippen molar-refractivity contribution in [3.8, 4) is 11.5 Å².